The summed E-state index contributed by atoms with van der Waals surface area (Å²) in [5.41, 5.74) is 3.87. The van der Waals surface area contributed by atoms with Gasteiger partial charge in [-0.05, 0) is 52.9 Å². The molecule has 0 spiro atoms. The van der Waals surface area contributed by atoms with E-state index in [0.29, 0.717) is 5.69 Å². The number of anilines is 1. The molecule has 1 aromatic carbocycles. The summed E-state index contributed by atoms with van der Waals surface area (Å²) in [6.07, 6.45) is 4.95. The van der Waals surface area contributed by atoms with Crippen molar-refractivity contribution in [3.05, 3.63) is 57.9 Å². The van der Waals surface area contributed by atoms with Gasteiger partial charge in [0, 0.05) is 40.1 Å². The van der Waals surface area contributed by atoms with Gasteiger partial charge in [0.1, 0.15) is 0 Å². The molecule has 1 heterocycles. The highest BCUT2D eigenvalue weighted by Gasteiger charge is 2.06. The predicted molar refractivity (Wildman–Crippen MR) is 97.0 cm³/mol. The van der Waals surface area contributed by atoms with E-state index in [1.165, 1.54) is 6.21 Å². The lowest BCUT2D eigenvalue weighted by Gasteiger charge is -2.04. The van der Waals surface area contributed by atoms with Crippen molar-refractivity contribution in [3.8, 4) is 0 Å². The largest absolute Gasteiger partial charge is 0.326 e. The molecule has 2 rings (SSSR count). The number of benzene rings is 1. The maximum absolute atomic E-state index is 11.8. The van der Waals surface area contributed by atoms with Crippen molar-refractivity contribution >= 4 is 46.3 Å². The number of carbonyl (C=O) groups excluding carboxylic acids is 2. The van der Waals surface area contributed by atoms with Crippen molar-refractivity contribution in [2.75, 3.05) is 5.32 Å². The molecule has 0 unspecified atom stereocenters. The Morgan fingerprint density at radius 1 is 1.13 bits per heavy atom. The van der Waals surface area contributed by atoms with Crippen LogP contribution >= 0.6 is 22.6 Å². The Balaban J connectivity index is 1.70. The minimum absolute atomic E-state index is 0.0700. The van der Waals surface area contributed by atoms with Crippen LogP contribution in [-0.4, -0.2) is 23.0 Å². The minimum atomic E-state index is -0.317. The zero-order valence-corrected chi connectivity index (χ0v) is 14.4. The van der Waals surface area contributed by atoms with E-state index in [1.807, 2.05) is 30.3 Å². The van der Waals surface area contributed by atoms with E-state index in [0.717, 1.165) is 9.13 Å². The molecule has 2 aromatic rings. The number of nitrogens with one attached hydrogen (secondary N) is 2. The molecule has 0 atom stereocenters. The van der Waals surface area contributed by atoms with Crippen LogP contribution in [0.3, 0.4) is 0 Å². The van der Waals surface area contributed by atoms with Crippen LogP contribution in [0.1, 0.15) is 18.4 Å². The van der Waals surface area contributed by atoms with Gasteiger partial charge in [-0.1, -0.05) is 6.07 Å². The van der Waals surface area contributed by atoms with E-state index in [9.17, 15) is 9.59 Å². The minimum Gasteiger partial charge on any atom is -0.326 e. The average molecular weight is 422 g/mol. The molecule has 2 N–H and O–H groups in total. The molecule has 7 heteroatoms. The molecular formula is C16H15IN4O2. The monoisotopic (exact) mass is 422 g/mol. The molecule has 0 saturated heterocycles. The predicted octanol–water partition coefficient (Wildman–Crippen LogP) is 2.56. The summed E-state index contributed by atoms with van der Waals surface area (Å²) in [6, 6.07) is 11.0. The number of aromatic nitrogens is 1. The quantitative estimate of drug-likeness (QED) is 0.427. The van der Waals surface area contributed by atoms with Gasteiger partial charge in [-0.2, -0.15) is 5.10 Å². The van der Waals surface area contributed by atoms with Crippen molar-refractivity contribution in [2.24, 2.45) is 5.10 Å². The first-order valence-corrected chi connectivity index (χ1v) is 7.99. The number of halogens is 1. The van der Waals surface area contributed by atoms with Gasteiger partial charge in [-0.3, -0.25) is 14.6 Å². The normalized spacial score (nSPS) is 10.5. The Bertz CT molecular complexity index is 687. The van der Waals surface area contributed by atoms with Crippen LogP contribution in [0.5, 0.6) is 0 Å². The second-order valence-corrected chi connectivity index (χ2v) is 5.88. The second-order valence-electron chi connectivity index (χ2n) is 4.63. The van der Waals surface area contributed by atoms with Crippen molar-refractivity contribution in [2.45, 2.75) is 12.8 Å². The molecule has 2 amide bonds. The average Bonchev–Trinajstić information content (AvgIpc) is 2.56. The number of nitrogens with zero attached hydrogens (tertiary/aromatic N) is 2. The Morgan fingerprint density at radius 2 is 1.87 bits per heavy atom. The van der Waals surface area contributed by atoms with E-state index in [1.54, 1.807) is 18.5 Å². The summed E-state index contributed by atoms with van der Waals surface area (Å²) in [5.74, 6) is -0.527. The molecule has 0 bridgehead atoms. The van der Waals surface area contributed by atoms with E-state index in [4.69, 9.17) is 0 Å². The van der Waals surface area contributed by atoms with Gasteiger partial charge in [-0.25, -0.2) is 5.43 Å². The third-order valence-corrected chi connectivity index (χ3v) is 3.51. The first-order valence-electron chi connectivity index (χ1n) is 6.91. The number of rotatable bonds is 6. The van der Waals surface area contributed by atoms with Crippen molar-refractivity contribution in [3.63, 3.8) is 0 Å². The maximum Gasteiger partial charge on any atom is 0.240 e. The molecule has 6 nitrogen and oxygen atoms in total. The molecular weight excluding hydrogens is 407 g/mol. The van der Waals surface area contributed by atoms with Gasteiger partial charge in [0.2, 0.25) is 11.8 Å². The van der Waals surface area contributed by atoms with Crippen LogP contribution in [-0.2, 0) is 9.59 Å². The highest BCUT2D eigenvalue weighted by atomic mass is 127. The Kier molecular flexibility index (Phi) is 6.67. The Morgan fingerprint density at radius 3 is 2.57 bits per heavy atom. The van der Waals surface area contributed by atoms with Crippen LogP contribution in [0.15, 0.2) is 53.9 Å². The summed E-state index contributed by atoms with van der Waals surface area (Å²) in [4.78, 5) is 27.3. The number of carbonyl (C=O) groups is 2. The number of hydrazone groups is 1. The van der Waals surface area contributed by atoms with Gasteiger partial charge in [0.05, 0.1) is 6.21 Å². The van der Waals surface area contributed by atoms with Crippen LogP contribution < -0.4 is 10.7 Å². The first kappa shape index (κ1) is 17.1. The molecule has 0 fully saturated rings. The van der Waals surface area contributed by atoms with Crippen LogP contribution in [0.4, 0.5) is 5.69 Å². The fourth-order valence-corrected chi connectivity index (χ4v) is 2.03. The van der Waals surface area contributed by atoms with Gasteiger partial charge in [0.25, 0.3) is 0 Å². The lowest BCUT2D eigenvalue weighted by Crippen LogP contribution is -2.20. The summed E-state index contributed by atoms with van der Waals surface area (Å²) in [7, 11) is 0. The summed E-state index contributed by atoms with van der Waals surface area (Å²) < 4.78 is 1.09. The molecule has 0 aliphatic carbocycles. The smallest absolute Gasteiger partial charge is 0.240 e. The van der Waals surface area contributed by atoms with Crippen molar-refractivity contribution in [1.29, 1.82) is 0 Å². The standard InChI is InChI=1S/C16H15IN4O2/c17-13-3-5-14(6-4-13)20-15(22)7-8-16(23)21-19-11-12-2-1-9-18-10-12/h1-6,9-11H,7-8H2,(H,20,22)(H,21,23)/b19-11-. The molecule has 23 heavy (non-hydrogen) atoms. The van der Waals surface area contributed by atoms with Gasteiger partial charge >= 0.3 is 0 Å². The zero-order chi connectivity index (χ0) is 16.5. The molecule has 0 aliphatic heterocycles. The molecule has 0 saturated carbocycles. The Hall–Kier alpha value is -2.29. The summed E-state index contributed by atoms with van der Waals surface area (Å²) in [6.45, 7) is 0. The molecule has 0 aliphatic rings. The van der Waals surface area contributed by atoms with E-state index in [-0.39, 0.29) is 24.7 Å². The van der Waals surface area contributed by atoms with E-state index in [2.05, 4.69) is 43.4 Å². The van der Waals surface area contributed by atoms with E-state index >= 15 is 0 Å². The SMILES string of the molecule is O=C(CCC(=O)Nc1ccc(I)cc1)N/N=C\c1cccnc1. The maximum atomic E-state index is 11.8. The van der Waals surface area contributed by atoms with Gasteiger partial charge in [0.15, 0.2) is 0 Å². The molecule has 118 valence electrons. The van der Waals surface area contributed by atoms with Crippen LogP contribution in [0, 0.1) is 3.57 Å². The lowest BCUT2D eigenvalue weighted by molar-refractivity contribution is -0.124. The fraction of sp³-hybridized carbons (Fsp3) is 0.125. The number of amides is 2. The topological polar surface area (TPSA) is 83.5 Å². The first-order chi connectivity index (χ1) is 11.1. The lowest BCUT2D eigenvalue weighted by atomic mass is 10.2. The van der Waals surface area contributed by atoms with Crippen LogP contribution in [0.2, 0.25) is 0 Å². The van der Waals surface area contributed by atoms with Gasteiger partial charge < -0.3 is 5.32 Å². The fourth-order valence-electron chi connectivity index (χ4n) is 1.67. The summed E-state index contributed by atoms with van der Waals surface area (Å²) in [5, 5.41) is 6.55. The number of pyridine rings is 1. The van der Waals surface area contributed by atoms with Crippen LogP contribution in [0.25, 0.3) is 0 Å². The second kappa shape index (κ2) is 8.99. The summed E-state index contributed by atoms with van der Waals surface area (Å²) >= 11 is 2.19. The van der Waals surface area contributed by atoms with Gasteiger partial charge in [-0.15, -0.1) is 0 Å². The highest BCUT2D eigenvalue weighted by Crippen LogP contribution is 2.11. The Labute approximate surface area is 147 Å². The highest BCUT2D eigenvalue weighted by molar-refractivity contribution is 14.1. The number of hydrogen-bond donors (Lipinski definition) is 2. The molecule has 1 aromatic heterocycles. The van der Waals surface area contributed by atoms with E-state index < -0.39 is 0 Å². The zero-order valence-electron chi connectivity index (χ0n) is 12.2. The number of hydrogen-bond acceptors (Lipinski definition) is 4. The van der Waals surface area contributed by atoms with Crippen molar-refractivity contribution in [1.82, 2.24) is 10.4 Å². The molecule has 0 radical (unpaired) electrons. The third-order valence-electron chi connectivity index (χ3n) is 2.79. The van der Waals surface area contributed by atoms with Crippen molar-refractivity contribution < 1.29 is 9.59 Å². The third kappa shape index (κ3) is 6.55.